The number of hydrogen-bond acceptors (Lipinski definition) is 7. The standard InChI is InChI=1S/C26H29ClN4O4.C2HF3O2/c27-22-16-21(17-24(18-22)35-15-13-30-23-7-11-29-12-8-23)26(34)31(14-3-1-2-4-25(32)33)19-20-5-9-28-10-6-20;3-2(4,5)1(6)7/h5-12,16-18H,1-4,13-15,19H2,(H,29,30)(H,32,33);(H,6,7). The minimum Gasteiger partial charge on any atom is -0.492 e. The molecule has 3 rings (SSSR count). The lowest BCUT2D eigenvalue weighted by Gasteiger charge is -2.23. The molecule has 2 aromatic heterocycles. The largest absolute Gasteiger partial charge is 0.492 e. The second kappa shape index (κ2) is 17.4. The van der Waals surface area contributed by atoms with Gasteiger partial charge in [0.05, 0.1) is 0 Å². The lowest BCUT2D eigenvalue weighted by molar-refractivity contribution is -0.192. The van der Waals surface area contributed by atoms with Gasteiger partial charge in [0.2, 0.25) is 0 Å². The van der Waals surface area contributed by atoms with Crippen LogP contribution in [0, 0.1) is 0 Å². The molecule has 42 heavy (non-hydrogen) atoms. The van der Waals surface area contributed by atoms with Gasteiger partial charge in [-0.2, -0.15) is 13.2 Å². The normalized spacial score (nSPS) is 10.7. The molecule has 0 aliphatic carbocycles. The molecule has 0 atom stereocenters. The van der Waals surface area contributed by atoms with E-state index in [0.29, 0.717) is 55.4 Å². The Kier molecular flexibility index (Phi) is 14.0. The number of pyridine rings is 2. The highest BCUT2D eigenvalue weighted by Gasteiger charge is 2.38. The Morgan fingerprint density at radius 1 is 0.929 bits per heavy atom. The van der Waals surface area contributed by atoms with Gasteiger partial charge in [0.15, 0.2) is 0 Å². The second-order valence-corrected chi connectivity index (χ2v) is 9.21. The lowest BCUT2D eigenvalue weighted by Crippen LogP contribution is -2.31. The Balaban J connectivity index is 0.000000782. The van der Waals surface area contributed by atoms with E-state index in [2.05, 4.69) is 15.3 Å². The van der Waals surface area contributed by atoms with Gasteiger partial charge in [0.1, 0.15) is 12.4 Å². The first kappa shape index (κ1) is 33.8. The molecule has 0 spiro atoms. The third kappa shape index (κ3) is 13.3. The van der Waals surface area contributed by atoms with Crippen molar-refractivity contribution in [1.82, 2.24) is 14.9 Å². The predicted octanol–water partition coefficient (Wildman–Crippen LogP) is 5.54. The van der Waals surface area contributed by atoms with E-state index in [1.807, 2.05) is 24.3 Å². The van der Waals surface area contributed by atoms with E-state index in [4.69, 9.17) is 31.3 Å². The van der Waals surface area contributed by atoms with E-state index in [9.17, 15) is 22.8 Å². The molecule has 226 valence electrons. The quantitative estimate of drug-likeness (QED) is 0.200. The van der Waals surface area contributed by atoms with Gasteiger partial charge in [-0.15, -0.1) is 0 Å². The molecule has 0 unspecified atom stereocenters. The monoisotopic (exact) mass is 610 g/mol. The molecule has 0 radical (unpaired) electrons. The molecular formula is C28H30ClF3N4O6. The molecule has 3 N–H and O–H groups in total. The zero-order valence-corrected chi connectivity index (χ0v) is 23.1. The summed E-state index contributed by atoms with van der Waals surface area (Å²) in [4.78, 5) is 42.8. The molecule has 1 amide bonds. The number of aromatic nitrogens is 2. The molecular weight excluding hydrogens is 581 g/mol. The molecule has 2 heterocycles. The molecule has 0 fully saturated rings. The Bertz CT molecular complexity index is 1280. The fourth-order valence-electron chi connectivity index (χ4n) is 3.50. The van der Waals surface area contributed by atoms with Crippen molar-refractivity contribution in [3.63, 3.8) is 0 Å². The summed E-state index contributed by atoms with van der Waals surface area (Å²) < 4.78 is 37.6. The van der Waals surface area contributed by atoms with Crippen molar-refractivity contribution in [1.29, 1.82) is 0 Å². The molecule has 1 aromatic carbocycles. The fourth-order valence-corrected chi connectivity index (χ4v) is 3.73. The fraction of sp³-hybridized carbons (Fsp3) is 0.321. The third-order valence-corrected chi connectivity index (χ3v) is 5.69. The average molecular weight is 611 g/mol. The zero-order valence-electron chi connectivity index (χ0n) is 22.4. The Hall–Kier alpha value is -4.39. The minimum absolute atomic E-state index is 0.128. The third-order valence-electron chi connectivity index (χ3n) is 5.47. The van der Waals surface area contributed by atoms with Crippen molar-refractivity contribution in [2.24, 2.45) is 0 Å². The maximum absolute atomic E-state index is 13.4. The molecule has 14 heteroatoms. The van der Waals surface area contributed by atoms with Crippen LogP contribution in [0.3, 0.4) is 0 Å². The maximum Gasteiger partial charge on any atom is 0.490 e. The molecule has 0 saturated carbocycles. The first-order valence-electron chi connectivity index (χ1n) is 12.7. The number of carbonyl (C=O) groups excluding carboxylic acids is 1. The molecule has 3 aromatic rings. The van der Waals surface area contributed by atoms with Crippen LogP contribution in [0.5, 0.6) is 5.75 Å². The van der Waals surface area contributed by atoms with Crippen molar-refractivity contribution in [2.45, 2.75) is 38.4 Å². The van der Waals surface area contributed by atoms with Crippen molar-refractivity contribution in [3.8, 4) is 5.75 Å². The van der Waals surface area contributed by atoms with Crippen molar-refractivity contribution in [3.05, 3.63) is 83.4 Å². The van der Waals surface area contributed by atoms with Gasteiger partial charge >= 0.3 is 18.1 Å². The molecule has 0 bridgehead atoms. The maximum atomic E-state index is 13.4. The number of carboxylic acids is 2. The summed E-state index contributed by atoms with van der Waals surface area (Å²) in [5, 5.41) is 19.6. The SMILES string of the molecule is O=C(O)C(F)(F)F.O=C(O)CCCCCN(Cc1ccncc1)C(=O)c1cc(Cl)cc(OCCNc2ccncc2)c1. The first-order chi connectivity index (χ1) is 20.0. The number of anilines is 1. The average Bonchev–Trinajstić information content (AvgIpc) is 2.94. The van der Waals surface area contributed by atoms with Gasteiger partial charge in [-0.3, -0.25) is 19.6 Å². The van der Waals surface area contributed by atoms with E-state index < -0.39 is 18.1 Å². The topological polar surface area (TPSA) is 142 Å². The summed E-state index contributed by atoms with van der Waals surface area (Å²) in [6, 6.07) is 12.5. The summed E-state index contributed by atoms with van der Waals surface area (Å²) in [6.45, 7) is 1.88. The number of nitrogens with zero attached hydrogens (tertiary/aromatic N) is 3. The number of amides is 1. The van der Waals surface area contributed by atoms with Crippen LogP contribution >= 0.6 is 11.6 Å². The summed E-state index contributed by atoms with van der Waals surface area (Å²) in [5.74, 6) is -3.21. The number of benzene rings is 1. The van der Waals surface area contributed by atoms with Crippen molar-refractivity contribution in [2.75, 3.05) is 25.0 Å². The van der Waals surface area contributed by atoms with Crippen LogP contribution in [-0.2, 0) is 16.1 Å². The number of nitrogens with one attached hydrogen (secondary N) is 1. The number of rotatable bonds is 14. The van der Waals surface area contributed by atoms with Crippen LogP contribution < -0.4 is 10.1 Å². The van der Waals surface area contributed by atoms with E-state index in [1.165, 1.54) is 0 Å². The zero-order chi connectivity index (χ0) is 31.0. The molecule has 10 nitrogen and oxygen atoms in total. The second-order valence-electron chi connectivity index (χ2n) is 8.78. The van der Waals surface area contributed by atoms with Gasteiger partial charge < -0.3 is 25.2 Å². The van der Waals surface area contributed by atoms with Crippen molar-refractivity contribution >= 4 is 35.1 Å². The number of carbonyl (C=O) groups is 3. The van der Waals surface area contributed by atoms with Crippen LogP contribution in [-0.4, -0.2) is 68.8 Å². The highest BCUT2D eigenvalue weighted by molar-refractivity contribution is 6.31. The van der Waals surface area contributed by atoms with Gasteiger partial charge in [-0.25, -0.2) is 4.79 Å². The number of alkyl halides is 3. The van der Waals surface area contributed by atoms with Crippen LogP contribution in [0.4, 0.5) is 18.9 Å². The van der Waals surface area contributed by atoms with Gasteiger partial charge in [0, 0.05) is 67.1 Å². The summed E-state index contributed by atoms with van der Waals surface area (Å²) in [6.07, 6.45) is 3.85. The van der Waals surface area contributed by atoms with E-state index in [0.717, 1.165) is 17.7 Å². The Morgan fingerprint density at radius 3 is 2.14 bits per heavy atom. The van der Waals surface area contributed by atoms with Crippen molar-refractivity contribution < 1.29 is 42.5 Å². The van der Waals surface area contributed by atoms with Crippen LogP contribution in [0.25, 0.3) is 0 Å². The summed E-state index contributed by atoms with van der Waals surface area (Å²) in [5.41, 5.74) is 2.34. The highest BCUT2D eigenvalue weighted by Crippen LogP contribution is 2.23. The number of carboxylic acid groups (broad SMARTS) is 2. The highest BCUT2D eigenvalue weighted by atomic mass is 35.5. The number of unbranched alkanes of at least 4 members (excludes halogenated alkanes) is 2. The summed E-state index contributed by atoms with van der Waals surface area (Å²) >= 11 is 6.31. The smallest absolute Gasteiger partial charge is 0.490 e. The van der Waals surface area contributed by atoms with Gasteiger partial charge in [-0.05, 0) is 60.9 Å². The molecule has 0 aliphatic heterocycles. The van der Waals surface area contributed by atoms with Crippen LogP contribution in [0.2, 0.25) is 5.02 Å². The minimum atomic E-state index is -5.08. The lowest BCUT2D eigenvalue weighted by atomic mass is 10.1. The van der Waals surface area contributed by atoms with E-state index in [1.54, 1.807) is 47.9 Å². The van der Waals surface area contributed by atoms with Gasteiger partial charge in [-0.1, -0.05) is 18.0 Å². The number of hydrogen-bond donors (Lipinski definition) is 3. The number of ether oxygens (including phenoxy) is 1. The Labute approximate surface area is 245 Å². The molecule has 0 saturated heterocycles. The van der Waals surface area contributed by atoms with E-state index >= 15 is 0 Å². The van der Waals surface area contributed by atoms with Gasteiger partial charge in [0.25, 0.3) is 5.91 Å². The van der Waals surface area contributed by atoms with Crippen LogP contribution in [0.15, 0.2) is 67.3 Å². The molecule has 0 aliphatic rings. The van der Waals surface area contributed by atoms with E-state index in [-0.39, 0.29) is 12.3 Å². The predicted molar refractivity (Wildman–Crippen MR) is 148 cm³/mol. The first-order valence-corrected chi connectivity index (χ1v) is 13.1. The number of halogens is 4. The number of aliphatic carboxylic acids is 2. The summed E-state index contributed by atoms with van der Waals surface area (Å²) in [7, 11) is 0. The Morgan fingerprint density at radius 2 is 1.55 bits per heavy atom. The van der Waals surface area contributed by atoms with Crippen LogP contribution in [0.1, 0.15) is 41.6 Å².